The van der Waals surface area contributed by atoms with Crippen LogP contribution in [0.2, 0.25) is 0 Å². The molecule has 11 heteroatoms. The number of benzene rings is 1. The van der Waals surface area contributed by atoms with E-state index in [4.69, 9.17) is 9.47 Å². The third kappa shape index (κ3) is 7.17. The molecule has 4 atom stereocenters. The van der Waals surface area contributed by atoms with Crippen LogP contribution in [0.5, 0.6) is 0 Å². The molecule has 0 bridgehead atoms. The number of aliphatic hydroxyl groups is 1. The number of halogens is 1. The molecule has 1 aromatic rings. The monoisotopic (exact) mass is 487 g/mol. The molecule has 1 aromatic carbocycles. The largest absolute Gasteiger partial charge is 0.389 e. The van der Waals surface area contributed by atoms with Crippen molar-refractivity contribution < 1.29 is 32.2 Å². The maximum absolute atomic E-state index is 13.3. The summed E-state index contributed by atoms with van der Waals surface area (Å²) in [5.74, 6) is -0.632. The Morgan fingerprint density at radius 1 is 1.24 bits per heavy atom. The Balaban J connectivity index is 1.67. The van der Waals surface area contributed by atoms with Crippen LogP contribution in [0.25, 0.3) is 0 Å². The van der Waals surface area contributed by atoms with Crippen LogP contribution in [0.4, 0.5) is 4.39 Å². The van der Waals surface area contributed by atoms with Crippen LogP contribution in [0, 0.1) is 5.82 Å². The van der Waals surface area contributed by atoms with E-state index in [1.165, 1.54) is 16.4 Å². The van der Waals surface area contributed by atoms with Gasteiger partial charge in [0.25, 0.3) is 0 Å². The van der Waals surface area contributed by atoms with Crippen molar-refractivity contribution in [3.8, 4) is 0 Å². The van der Waals surface area contributed by atoms with Crippen LogP contribution in [0.1, 0.15) is 25.7 Å². The first-order valence-corrected chi connectivity index (χ1v) is 12.7. The fourth-order valence-corrected chi connectivity index (χ4v) is 5.93. The second kappa shape index (κ2) is 11.7. The zero-order valence-electron chi connectivity index (χ0n) is 19.2. The zero-order chi connectivity index (χ0) is 24.0. The Morgan fingerprint density at radius 3 is 2.67 bits per heavy atom. The molecule has 9 nitrogen and oxygen atoms in total. The lowest BCUT2D eigenvalue weighted by molar-refractivity contribution is -0.146. The minimum Gasteiger partial charge on any atom is -0.389 e. The minimum absolute atomic E-state index is 0.0287. The number of hydrogen-bond acceptors (Lipinski definition) is 7. The standard InChI is InChI=1S/C22H34FN3O6S/c1-25(2)11-3-10-24-22(28)12-18-6-9-20-21(32-18)15-31-14-17(27)13-26(20)33(29,30)19-7-4-16(23)5-8-19/h4-5,7-8,17-18,20-21,27H,3,6,9-15H2,1-2H3,(H,24,28)/t17-,18-,20+,21-/m0/s1. The van der Waals surface area contributed by atoms with Crippen LogP contribution in [0.3, 0.4) is 0 Å². The molecular weight excluding hydrogens is 453 g/mol. The number of β-amino-alcohol motifs (C(OH)–C–C–N with tert-alkyl or cyclic N) is 1. The van der Waals surface area contributed by atoms with E-state index in [1.807, 2.05) is 19.0 Å². The third-order valence-electron chi connectivity index (χ3n) is 5.87. The van der Waals surface area contributed by atoms with Gasteiger partial charge in [-0.25, -0.2) is 12.8 Å². The van der Waals surface area contributed by atoms with E-state index in [1.54, 1.807) is 0 Å². The van der Waals surface area contributed by atoms with Gasteiger partial charge < -0.3 is 24.8 Å². The van der Waals surface area contributed by atoms with Gasteiger partial charge in [-0.3, -0.25) is 4.79 Å². The quantitative estimate of drug-likeness (QED) is 0.517. The topological polar surface area (TPSA) is 108 Å². The average molecular weight is 488 g/mol. The second-order valence-corrected chi connectivity index (χ2v) is 10.8. The van der Waals surface area contributed by atoms with Crippen molar-refractivity contribution in [1.82, 2.24) is 14.5 Å². The lowest BCUT2D eigenvalue weighted by Crippen LogP contribution is -2.57. The van der Waals surface area contributed by atoms with Crippen LogP contribution in [-0.4, -0.2) is 99.9 Å². The highest BCUT2D eigenvalue weighted by Crippen LogP contribution is 2.31. The number of rotatable bonds is 8. The second-order valence-electron chi connectivity index (χ2n) is 8.87. The van der Waals surface area contributed by atoms with Gasteiger partial charge in [-0.2, -0.15) is 4.31 Å². The SMILES string of the molecule is CN(C)CCCNC(=O)C[C@@H]1CC[C@@H]2[C@H](COC[C@@H](O)CN2S(=O)(=O)c2ccc(F)cc2)O1. The number of nitrogens with one attached hydrogen (secondary N) is 1. The van der Waals surface area contributed by atoms with E-state index in [-0.39, 0.29) is 43.1 Å². The maximum atomic E-state index is 13.3. The van der Waals surface area contributed by atoms with E-state index in [0.29, 0.717) is 19.4 Å². The van der Waals surface area contributed by atoms with Crippen molar-refractivity contribution in [2.24, 2.45) is 0 Å². The smallest absolute Gasteiger partial charge is 0.243 e. The van der Waals surface area contributed by atoms with Crippen molar-refractivity contribution in [3.63, 3.8) is 0 Å². The van der Waals surface area contributed by atoms with Crippen LogP contribution in [0.15, 0.2) is 29.2 Å². The lowest BCUT2D eigenvalue weighted by Gasteiger charge is -2.43. The summed E-state index contributed by atoms with van der Waals surface area (Å²) in [6, 6.07) is 4.06. The highest BCUT2D eigenvalue weighted by atomic mass is 32.2. The Hall–Kier alpha value is -1.63. The first kappa shape index (κ1) is 26.0. The molecule has 0 aliphatic carbocycles. The first-order valence-electron chi connectivity index (χ1n) is 11.3. The molecule has 186 valence electrons. The number of aliphatic hydroxyl groups excluding tert-OH is 1. The molecule has 3 rings (SSSR count). The summed E-state index contributed by atoms with van der Waals surface area (Å²) in [4.78, 5) is 14.3. The van der Waals surface area contributed by atoms with Crippen molar-refractivity contribution >= 4 is 15.9 Å². The van der Waals surface area contributed by atoms with E-state index in [2.05, 4.69) is 5.32 Å². The Labute approximate surface area is 194 Å². The van der Waals surface area contributed by atoms with Gasteiger partial charge in [-0.05, 0) is 64.2 Å². The van der Waals surface area contributed by atoms with E-state index < -0.39 is 34.1 Å². The summed E-state index contributed by atoms with van der Waals surface area (Å²) < 4.78 is 52.9. The third-order valence-corrected chi connectivity index (χ3v) is 7.78. The summed E-state index contributed by atoms with van der Waals surface area (Å²) in [5.41, 5.74) is 0. The molecule has 0 unspecified atom stereocenters. The molecule has 2 saturated heterocycles. The van der Waals surface area contributed by atoms with Crippen LogP contribution < -0.4 is 5.32 Å². The molecule has 0 saturated carbocycles. The number of ether oxygens (including phenoxy) is 2. The molecule has 0 radical (unpaired) electrons. The molecule has 2 fully saturated rings. The Kier molecular flexibility index (Phi) is 9.19. The van der Waals surface area contributed by atoms with Gasteiger partial charge in [0.15, 0.2) is 0 Å². The summed E-state index contributed by atoms with van der Waals surface area (Å²) in [6.45, 7) is 1.39. The van der Waals surface area contributed by atoms with Crippen molar-refractivity contribution in [3.05, 3.63) is 30.1 Å². The minimum atomic E-state index is -4.00. The van der Waals surface area contributed by atoms with Crippen molar-refractivity contribution in [2.45, 2.75) is 54.9 Å². The van der Waals surface area contributed by atoms with Crippen molar-refractivity contribution in [1.29, 1.82) is 0 Å². The van der Waals surface area contributed by atoms with Gasteiger partial charge in [-0.1, -0.05) is 0 Å². The average Bonchev–Trinajstić information content (AvgIpc) is 2.74. The molecule has 0 spiro atoms. The normalized spacial score (nSPS) is 26.9. The molecule has 0 aromatic heterocycles. The predicted molar refractivity (Wildman–Crippen MR) is 120 cm³/mol. The predicted octanol–water partition coefficient (Wildman–Crippen LogP) is 0.582. The fourth-order valence-electron chi connectivity index (χ4n) is 4.21. The summed E-state index contributed by atoms with van der Waals surface area (Å²) >= 11 is 0. The molecule has 2 aliphatic rings. The van der Waals surface area contributed by atoms with Gasteiger partial charge in [0, 0.05) is 13.1 Å². The highest BCUT2D eigenvalue weighted by molar-refractivity contribution is 7.89. The van der Waals surface area contributed by atoms with Gasteiger partial charge >= 0.3 is 0 Å². The van der Waals surface area contributed by atoms with E-state index in [0.717, 1.165) is 25.1 Å². The number of amides is 1. The lowest BCUT2D eigenvalue weighted by atomic mass is 9.96. The van der Waals surface area contributed by atoms with E-state index in [9.17, 15) is 22.7 Å². The van der Waals surface area contributed by atoms with Crippen molar-refractivity contribution in [2.75, 3.05) is 46.9 Å². The number of sulfonamides is 1. The molecule has 2 N–H and O–H groups in total. The van der Waals surface area contributed by atoms with Gasteiger partial charge in [0.1, 0.15) is 5.82 Å². The number of carbonyl (C=O) groups excluding carboxylic acids is 1. The van der Waals surface area contributed by atoms with Gasteiger partial charge in [-0.15, -0.1) is 0 Å². The van der Waals surface area contributed by atoms with Crippen LogP contribution in [-0.2, 0) is 24.3 Å². The Morgan fingerprint density at radius 2 is 1.97 bits per heavy atom. The molecular formula is C22H34FN3O6S. The summed E-state index contributed by atoms with van der Waals surface area (Å²) in [5, 5.41) is 13.1. The number of fused-ring (bicyclic) bond motifs is 1. The summed E-state index contributed by atoms with van der Waals surface area (Å²) in [7, 11) is -0.0445. The fraction of sp³-hybridized carbons (Fsp3) is 0.682. The highest BCUT2D eigenvalue weighted by Gasteiger charge is 2.43. The Bertz CT molecular complexity index is 883. The molecule has 2 heterocycles. The number of carbonyl (C=O) groups is 1. The van der Waals surface area contributed by atoms with Crippen LogP contribution >= 0.6 is 0 Å². The summed E-state index contributed by atoms with van der Waals surface area (Å²) in [6.07, 6.45) is 0.0838. The number of hydrogen-bond donors (Lipinski definition) is 2. The van der Waals surface area contributed by atoms with Gasteiger partial charge in [0.05, 0.1) is 48.9 Å². The van der Waals surface area contributed by atoms with E-state index >= 15 is 0 Å². The zero-order valence-corrected chi connectivity index (χ0v) is 20.0. The number of nitrogens with zero attached hydrogens (tertiary/aromatic N) is 2. The van der Waals surface area contributed by atoms with Gasteiger partial charge in [0.2, 0.25) is 15.9 Å². The molecule has 1 amide bonds. The molecule has 33 heavy (non-hydrogen) atoms. The molecule has 2 aliphatic heterocycles. The maximum Gasteiger partial charge on any atom is 0.243 e. The first-order chi connectivity index (χ1) is 15.7.